The number of nitrogens with zero attached hydrogens (tertiary/aromatic N) is 1. The molecule has 6 heteroatoms. The van der Waals surface area contributed by atoms with Gasteiger partial charge in [0.25, 0.3) is 0 Å². The fraction of sp³-hybridized carbons (Fsp3) is 0.571. The summed E-state index contributed by atoms with van der Waals surface area (Å²) in [5, 5.41) is 11.9. The van der Waals surface area contributed by atoms with Gasteiger partial charge in [0.1, 0.15) is 11.8 Å². The van der Waals surface area contributed by atoms with Crippen LogP contribution in [-0.4, -0.2) is 41.5 Å². The molecule has 1 aromatic rings. The zero-order chi connectivity index (χ0) is 15.1. The van der Waals surface area contributed by atoms with Gasteiger partial charge in [-0.05, 0) is 24.5 Å². The first kappa shape index (κ1) is 16.2. The summed E-state index contributed by atoms with van der Waals surface area (Å²) in [5.41, 5.74) is 0. The molecule has 1 aromatic heterocycles. The standard InChI is InChI=1S/C14H22N2O4/c1-10(2)7-12(14(18)19)15-8-13(17)16(3)9-11-5-4-6-20-11/h4-6,10,12,15H,7-9H2,1-3H3,(H,18,19). The molecule has 0 aliphatic heterocycles. The SMILES string of the molecule is CC(C)CC(NCC(=O)N(C)Cc1ccco1)C(=O)O. The highest BCUT2D eigenvalue weighted by atomic mass is 16.4. The molecule has 0 saturated heterocycles. The third kappa shape index (κ3) is 5.44. The van der Waals surface area contributed by atoms with Gasteiger partial charge in [0, 0.05) is 7.05 Å². The number of rotatable bonds is 8. The maximum Gasteiger partial charge on any atom is 0.320 e. The van der Waals surface area contributed by atoms with Crippen LogP contribution in [0.25, 0.3) is 0 Å². The number of likely N-dealkylation sites (N-methyl/N-ethyl adjacent to an activating group) is 1. The number of carboxylic acids is 1. The Morgan fingerprint density at radius 2 is 2.15 bits per heavy atom. The number of amides is 1. The minimum atomic E-state index is -0.930. The van der Waals surface area contributed by atoms with E-state index in [1.54, 1.807) is 25.4 Å². The third-order valence-corrected chi connectivity index (χ3v) is 2.90. The van der Waals surface area contributed by atoms with E-state index < -0.39 is 12.0 Å². The van der Waals surface area contributed by atoms with Crippen molar-refractivity contribution in [3.8, 4) is 0 Å². The van der Waals surface area contributed by atoms with Gasteiger partial charge in [-0.2, -0.15) is 0 Å². The molecule has 1 heterocycles. The lowest BCUT2D eigenvalue weighted by atomic mass is 10.0. The van der Waals surface area contributed by atoms with Crippen molar-refractivity contribution in [3.63, 3.8) is 0 Å². The van der Waals surface area contributed by atoms with E-state index in [-0.39, 0.29) is 18.4 Å². The van der Waals surface area contributed by atoms with Crippen LogP contribution in [0.4, 0.5) is 0 Å². The van der Waals surface area contributed by atoms with Gasteiger partial charge >= 0.3 is 5.97 Å². The number of hydrogen-bond acceptors (Lipinski definition) is 4. The molecule has 1 rings (SSSR count). The van der Waals surface area contributed by atoms with E-state index in [4.69, 9.17) is 9.52 Å². The Kier molecular flexibility index (Phi) is 6.24. The van der Waals surface area contributed by atoms with Crippen LogP contribution in [0.3, 0.4) is 0 Å². The summed E-state index contributed by atoms with van der Waals surface area (Å²) in [6, 6.07) is 2.85. The highest BCUT2D eigenvalue weighted by molar-refractivity contribution is 5.79. The number of carbonyl (C=O) groups excluding carboxylic acids is 1. The monoisotopic (exact) mass is 282 g/mol. The minimum Gasteiger partial charge on any atom is -0.480 e. The molecule has 1 amide bonds. The lowest BCUT2D eigenvalue weighted by Gasteiger charge is -2.19. The van der Waals surface area contributed by atoms with E-state index in [1.165, 1.54) is 4.90 Å². The predicted octanol–water partition coefficient (Wildman–Crippen LogP) is 1.33. The molecule has 0 saturated carbocycles. The highest BCUT2D eigenvalue weighted by Crippen LogP contribution is 2.06. The number of aliphatic carboxylic acids is 1. The molecular weight excluding hydrogens is 260 g/mol. The first-order valence-corrected chi connectivity index (χ1v) is 6.62. The van der Waals surface area contributed by atoms with E-state index in [9.17, 15) is 9.59 Å². The Morgan fingerprint density at radius 3 is 2.65 bits per heavy atom. The minimum absolute atomic E-state index is 0.000888. The Balaban J connectivity index is 2.42. The van der Waals surface area contributed by atoms with Crippen molar-refractivity contribution in [1.82, 2.24) is 10.2 Å². The number of carboxylic acid groups (broad SMARTS) is 1. The second-order valence-electron chi connectivity index (χ2n) is 5.23. The lowest BCUT2D eigenvalue weighted by Crippen LogP contribution is -2.44. The van der Waals surface area contributed by atoms with Gasteiger partial charge in [0.2, 0.25) is 5.91 Å². The van der Waals surface area contributed by atoms with E-state index in [0.29, 0.717) is 18.7 Å². The van der Waals surface area contributed by atoms with Gasteiger partial charge in [0.05, 0.1) is 19.4 Å². The molecule has 0 bridgehead atoms. The normalized spacial score (nSPS) is 12.4. The van der Waals surface area contributed by atoms with Crippen LogP contribution in [-0.2, 0) is 16.1 Å². The number of nitrogens with one attached hydrogen (secondary N) is 1. The van der Waals surface area contributed by atoms with Crippen molar-refractivity contribution in [1.29, 1.82) is 0 Å². The molecule has 2 N–H and O–H groups in total. The average Bonchev–Trinajstić information content (AvgIpc) is 2.85. The molecule has 0 aromatic carbocycles. The van der Waals surface area contributed by atoms with Crippen molar-refractivity contribution < 1.29 is 19.1 Å². The first-order valence-electron chi connectivity index (χ1n) is 6.62. The maximum atomic E-state index is 11.9. The van der Waals surface area contributed by atoms with Gasteiger partial charge < -0.3 is 14.4 Å². The highest BCUT2D eigenvalue weighted by Gasteiger charge is 2.20. The van der Waals surface area contributed by atoms with Gasteiger partial charge in [-0.15, -0.1) is 0 Å². The predicted molar refractivity (Wildman–Crippen MR) is 74.1 cm³/mol. The number of furan rings is 1. The zero-order valence-corrected chi connectivity index (χ0v) is 12.1. The summed E-state index contributed by atoms with van der Waals surface area (Å²) in [4.78, 5) is 24.5. The molecular formula is C14H22N2O4. The van der Waals surface area contributed by atoms with E-state index >= 15 is 0 Å². The lowest BCUT2D eigenvalue weighted by molar-refractivity contribution is -0.140. The summed E-state index contributed by atoms with van der Waals surface area (Å²) in [5.74, 6) is -0.158. The molecule has 20 heavy (non-hydrogen) atoms. The van der Waals surface area contributed by atoms with Crippen LogP contribution in [0.2, 0.25) is 0 Å². The Morgan fingerprint density at radius 1 is 1.45 bits per heavy atom. The Labute approximate surface area is 118 Å². The molecule has 6 nitrogen and oxygen atoms in total. The first-order chi connectivity index (χ1) is 9.40. The van der Waals surface area contributed by atoms with Crippen LogP contribution in [0.1, 0.15) is 26.0 Å². The number of carbonyl (C=O) groups is 2. The van der Waals surface area contributed by atoms with Crippen molar-refractivity contribution >= 4 is 11.9 Å². The summed E-state index contributed by atoms with van der Waals surface area (Å²) in [6.07, 6.45) is 2.04. The molecule has 0 fully saturated rings. The quantitative estimate of drug-likeness (QED) is 0.751. The van der Waals surface area contributed by atoms with Crippen molar-refractivity contribution in [2.75, 3.05) is 13.6 Å². The second-order valence-corrected chi connectivity index (χ2v) is 5.23. The van der Waals surface area contributed by atoms with E-state index in [1.807, 2.05) is 13.8 Å². The van der Waals surface area contributed by atoms with Crippen LogP contribution in [0, 0.1) is 5.92 Å². The summed E-state index contributed by atoms with van der Waals surface area (Å²) < 4.78 is 5.16. The Hall–Kier alpha value is -1.82. The number of hydrogen-bond donors (Lipinski definition) is 2. The molecule has 0 aliphatic carbocycles. The molecule has 1 atom stereocenters. The average molecular weight is 282 g/mol. The topological polar surface area (TPSA) is 82.8 Å². The van der Waals surface area contributed by atoms with Crippen molar-refractivity contribution in [3.05, 3.63) is 24.2 Å². The van der Waals surface area contributed by atoms with Gasteiger partial charge in [-0.3, -0.25) is 14.9 Å². The van der Waals surface area contributed by atoms with Crippen LogP contribution in [0.15, 0.2) is 22.8 Å². The van der Waals surface area contributed by atoms with E-state index in [0.717, 1.165) is 0 Å². The van der Waals surface area contributed by atoms with Gasteiger partial charge in [-0.25, -0.2) is 0 Å². The van der Waals surface area contributed by atoms with Crippen LogP contribution < -0.4 is 5.32 Å². The van der Waals surface area contributed by atoms with Crippen molar-refractivity contribution in [2.24, 2.45) is 5.92 Å². The van der Waals surface area contributed by atoms with E-state index in [2.05, 4.69) is 5.32 Å². The summed E-state index contributed by atoms with van der Waals surface area (Å²) in [6.45, 7) is 4.27. The Bertz CT molecular complexity index is 428. The fourth-order valence-electron chi connectivity index (χ4n) is 1.81. The third-order valence-electron chi connectivity index (χ3n) is 2.90. The van der Waals surface area contributed by atoms with Gasteiger partial charge in [0.15, 0.2) is 0 Å². The van der Waals surface area contributed by atoms with Gasteiger partial charge in [-0.1, -0.05) is 13.8 Å². The largest absolute Gasteiger partial charge is 0.480 e. The van der Waals surface area contributed by atoms with Crippen LogP contribution >= 0.6 is 0 Å². The fourth-order valence-corrected chi connectivity index (χ4v) is 1.81. The molecule has 0 spiro atoms. The smallest absolute Gasteiger partial charge is 0.320 e. The summed E-state index contributed by atoms with van der Waals surface area (Å²) >= 11 is 0. The molecule has 112 valence electrons. The molecule has 0 radical (unpaired) electrons. The summed E-state index contributed by atoms with van der Waals surface area (Å²) in [7, 11) is 1.66. The zero-order valence-electron chi connectivity index (χ0n) is 12.1. The van der Waals surface area contributed by atoms with Crippen LogP contribution in [0.5, 0.6) is 0 Å². The second kappa shape index (κ2) is 7.69. The van der Waals surface area contributed by atoms with Crippen molar-refractivity contribution in [2.45, 2.75) is 32.9 Å². The maximum absolute atomic E-state index is 11.9. The molecule has 1 unspecified atom stereocenters. The molecule has 0 aliphatic rings.